The number of hydrogen-bond donors (Lipinski definition) is 1. The van der Waals surface area contributed by atoms with Crippen LogP contribution >= 0.6 is 0 Å². The minimum absolute atomic E-state index is 0.0236. The average Bonchev–Trinajstić information content (AvgIpc) is 2.44. The lowest BCUT2D eigenvalue weighted by molar-refractivity contribution is -0.128. The van der Waals surface area contributed by atoms with Crippen LogP contribution in [0.5, 0.6) is 5.75 Å². The van der Waals surface area contributed by atoms with Crippen LogP contribution in [-0.2, 0) is 4.79 Å². The molecule has 0 aliphatic carbocycles. The highest BCUT2D eigenvalue weighted by Gasteiger charge is 2.22. The van der Waals surface area contributed by atoms with Crippen molar-refractivity contribution in [2.45, 2.75) is 45.8 Å². The highest BCUT2D eigenvalue weighted by atomic mass is 16.5. The van der Waals surface area contributed by atoms with Gasteiger partial charge in [-0.15, -0.1) is 0 Å². The van der Waals surface area contributed by atoms with Gasteiger partial charge in [0.25, 0.3) is 5.91 Å². The first-order valence-electron chi connectivity index (χ1n) is 7.68. The molecule has 0 unspecified atom stereocenters. The topological polar surface area (TPSA) is 41.6 Å². The van der Waals surface area contributed by atoms with Crippen molar-refractivity contribution in [3.63, 3.8) is 0 Å². The van der Waals surface area contributed by atoms with Crippen LogP contribution in [0.3, 0.4) is 0 Å². The van der Waals surface area contributed by atoms with E-state index in [4.69, 9.17) is 4.74 Å². The van der Waals surface area contributed by atoms with Crippen molar-refractivity contribution in [2.24, 2.45) is 0 Å². The van der Waals surface area contributed by atoms with Crippen LogP contribution in [-0.4, -0.2) is 43.1 Å². The summed E-state index contributed by atoms with van der Waals surface area (Å²) in [7, 11) is 2.12. The summed E-state index contributed by atoms with van der Waals surface area (Å²) in [5.41, 5.74) is 2.26. The molecule has 2 rings (SSSR count). The predicted octanol–water partition coefficient (Wildman–Crippen LogP) is 2.28. The van der Waals surface area contributed by atoms with Crippen molar-refractivity contribution in [2.75, 3.05) is 20.1 Å². The lowest BCUT2D eigenvalue weighted by atomic mass is 10.1. The van der Waals surface area contributed by atoms with Gasteiger partial charge < -0.3 is 15.0 Å². The zero-order valence-electron chi connectivity index (χ0n) is 13.5. The van der Waals surface area contributed by atoms with Crippen LogP contribution in [0.4, 0.5) is 0 Å². The molecule has 0 spiro atoms. The minimum Gasteiger partial charge on any atom is -0.481 e. The number of likely N-dealkylation sites (tertiary alicyclic amines) is 1. The molecule has 1 heterocycles. The Bertz CT molecular complexity index is 494. The fourth-order valence-electron chi connectivity index (χ4n) is 2.65. The van der Waals surface area contributed by atoms with E-state index >= 15 is 0 Å². The highest BCUT2D eigenvalue weighted by Crippen LogP contribution is 2.20. The second-order valence-electron chi connectivity index (χ2n) is 6.12. The molecule has 0 bridgehead atoms. The first-order valence-corrected chi connectivity index (χ1v) is 7.68. The molecule has 0 radical (unpaired) electrons. The summed E-state index contributed by atoms with van der Waals surface area (Å²) in [6.45, 7) is 7.94. The number of carbonyl (C=O) groups excluding carboxylic acids is 1. The Labute approximate surface area is 127 Å². The second-order valence-corrected chi connectivity index (χ2v) is 6.12. The summed E-state index contributed by atoms with van der Waals surface area (Å²) in [5, 5.41) is 3.10. The lowest BCUT2D eigenvalue weighted by Crippen LogP contribution is -2.47. The number of rotatable bonds is 4. The zero-order valence-corrected chi connectivity index (χ0v) is 13.5. The van der Waals surface area contributed by atoms with Gasteiger partial charge in [0.05, 0.1) is 0 Å². The third-order valence-electron chi connectivity index (χ3n) is 4.07. The number of ether oxygens (including phenoxy) is 1. The molecular weight excluding hydrogens is 264 g/mol. The molecular formula is C17H26N2O2. The molecule has 116 valence electrons. The van der Waals surface area contributed by atoms with Crippen LogP contribution in [0.15, 0.2) is 18.2 Å². The molecule has 1 aromatic rings. The van der Waals surface area contributed by atoms with Crippen LogP contribution < -0.4 is 10.1 Å². The van der Waals surface area contributed by atoms with Crippen molar-refractivity contribution in [3.05, 3.63) is 29.3 Å². The van der Waals surface area contributed by atoms with Gasteiger partial charge in [-0.25, -0.2) is 0 Å². The summed E-state index contributed by atoms with van der Waals surface area (Å²) in [6, 6.07) is 6.28. The van der Waals surface area contributed by atoms with E-state index in [1.807, 2.05) is 32.9 Å². The van der Waals surface area contributed by atoms with E-state index in [2.05, 4.69) is 23.3 Å². The normalized spacial score (nSPS) is 18.3. The van der Waals surface area contributed by atoms with E-state index in [1.54, 1.807) is 0 Å². The van der Waals surface area contributed by atoms with Crippen molar-refractivity contribution in [3.8, 4) is 5.75 Å². The van der Waals surface area contributed by atoms with Crippen molar-refractivity contribution in [1.29, 1.82) is 0 Å². The minimum atomic E-state index is -0.467. The van der Waals surface area contributed by atoms with E-state index < -0.39 is 6.10 Å². The number of amides is 1. The molecule has 0 aromatic heterocycles. The summed E-state index contributed by atoms with van der Waals surface area (Å²) in [5.74, 6) is 0.760. The smallest absolute Gasteiger partial charge is 0.260 e. The maximum absolute atomic E-state index is 12.2. The summed E-state index contributed by atoms with van der Waals surface area (Å²) >= 11 is 0. The van der Waals surface area contributed by atoms with Gasteiger partial charge in [0.15, 0.2) is 6.10 Å². The van der Waals surface area contributed by atoms with Gasteiger partial charge in [0.1, 0.15) is 5.75 Å². The van der Waals surface area contributed by atoms with Crippen molar-refractivity contribution in [1.82, 2.24) is 10.2 Å². The summed E-state index contributed by atoms with van der Waals surface area (Å²) in [6.07, 6.45) is 1.56. The Morgan fingerprint density at radius 1 is 1.33 bits per heavy atom. The molecule has 1 aromatic carbocycles. The lowest BCUT2D eigenvalue weighted by Gasteiger charge is -2.30. The van der Waals surface area contributed by atoms with Gasteiger partial charge in [-0.2, -0.15) is 0 Å². The number of nitrogens with one attached hydrogen (secondary N) is 1. The Hall–Kier alpha value is -1.55. The molecule has 4 nitrogen and oxygen atoms in total. The third kappa shape index (κ3) is 4.46. The van der Waals surface area contributed by atoms with E-state index in [0.29, 0.717) is 0 Å². The maximum atomic E-state index is 12.2. The van der Waals surface area contributed by atoms with Crippen LogP contribution in [0.2, 0.25) is 0 Å². The molecule has 0 saturated carbocycles. The number of benzene rings is 1. The quantitative estimate of drug-likeness (QED) is 0.925. The average molecular weight is 290 g/mol. The number of aryl methyl sites for hydroxylation is 2. The van der Waals surface area contributed by atoms with Crippen LogP contribution in [0.25, 0.3) is 0 Å². The first kappa shape index (κ1) is 15.8. The van der Waals surface area contributed by atoms with Gasteiger partial charge in [0.2, 0.25) is 0 Å². The third-order valence-corrected chi connectivity index (χ3v) is 4.07. The fourth-order valence-corrected chi connectivity index (χ4v) is 2.65. The Morgan fingerprint density at radius 2 is 2.00 bits per heavy atom. The van der Waals surface area contributed by atoms with Crippen LogP contribution in [0.1, 0.15) is 30.9 Å². The number of nitrogens with zero attached hydrogens (tertiary/aromatic N) is 1. The molecule has 1 fully saturated rings. The summed E-state index contributed by atoms with van der Waals surface area (Å²) in [4.78, 5) is 14.5. The predicted molar refractivity (Wildman–Crippen MR) is 84.7 cm³/mol. The largest absolute Gasteiger partial charge is 0.481 e. The molecule has 1 aliphatic heterocycles. The second kappa shape index (κ2) is 6.94. The molecule has 1 amide bonds. The van der Waals surface area contributed by atoms with Gasteiger partial charge in [-0.05, 0) is 65.4 Å². The van der Waals surface area contributed by atoms with E-state index in [9.17, 15) is 4.79 Å². The molecule has 1 atom stereocenters. The molecule has 1 saturated heterocycles. The van der Waals surface area contributed by atoms with Gasteiger partial charge >= 0.3 is 0 Å². The summed E-state index contributed by atoms with van der Waals surface area (Å²) < 4.78 is 5.80. The molecule has 4 heteroatoms. The van der Waals surface area contributed by atoms with Gasteiger partial charge in [-0.3, -0.25) is 4.79 Å². The first-order chi connectivity index (χ1) is 9.95. The van der Waals surface area contributed by atoms with E-state index in [1.165, 1.54) is 5.56 Å². The molecule has 21 heavy (non-hydrogen) atoms. The maximum Gasteiger partial charge on any atom is 0.260 e. The van der Waals surface area contributed by atoms with Crippen LogP contribution in [0, 0.1) is 13.8 Å². The van der Waals surface area contributed by atoms with Crippen molar-refractivity contribution >= 4 is 5.91 Å². The Balaban J connectivity index is 1.87. The zero-order chi connectivity index (χ0) is 15.4. The van der Waals surface area contributed by atoms with Gasteiger partial charge in [-0.1, -0.05) is 17.7 Å². The molecule has 1 aliphatic rings. The monoisotopic (exact) mass is 290 g/mol. The SMILES string of the molecule is Cc1ccc(O[C@@H](C)C(=O)NC2CCN(C)CC2)c(C)c1. The standard InChI is InChI=1S/C17H26N2O2/c1-12-5-6-16(13(2)11-12)21-14(3)17(20)18-15-7-9-19(4)10-8-15/h5-6,11,14-15H,7-10H2,1-4H3,(H,18,20)/t14-/m0/s1. The van der Waals surface area contributed by atoms with E-state index in [-0.39, 0.29) is 11.9 Å². The number of carbonyl (C=O) groups is 1. The Morgan fingerprint density at radius 3 is 2.62 bits per heavy atom. The van der Waals surface area contributed by atoms with Crippen molar-refractivity contribution < 1.29 is 9.53 Å². The van der Waals surface area contributed by atoms with E-state index in [0.717, 1.165) is 37.2 Å². The number of piperidine rings is 1. The van der Waals surface area contributed by atoms with Gasteiger partial charge in [0, 0.05) is 6.04 Å². The Kier molecular flexibility index (Phi) is 5.23. The number of hydrogen-bond acceptors (Lipinski definition) is 3. The molecule has 1 N–H and O–H groups in total. The fraction of sp³-hybridized carbons (Fsp3) is 0.588. The highest BCUT2D eigenvalue weighted by molar-refractivity contribution is 5.81.